The van der Waals surface area contributed by atoms with Crippen LogP contribution in [-0.2, 0) is 16.0 Å². The third-order valence-electron chi connectivity index (χ3n) is 5.52. The van der Waals surface area contributed by atoms with Crippen LogP contribution in [0, 0.1) is 12.7 Å². The second-order valence-electron chi connectivity index (χ2n) is 7.54. The molecule has 32 heavy (non-hydrogen) atoms. The van der Waals surface area contributed by atoms with Crippen molar-refractivity contribution in [2.75, 3.05) is 0 Å². The van der Waals surface area contributed by atoms with Crippen molar-refractivity contribution < 1.29 is 27.9 Å². The summed E-state index contributed by atoms with van der Waals surface area (Å²) < 4.78 is 24.4. The van der Waals surface area contributed by atoms with Gasteiger partial charge in [-0.25, -0.2) is 14.0 Å². The molecular formula is C24H20FNO6. The third kappa shape index (κ3) is 3.87. The topological polar surface area (TPSA) is 110 Å². The average molecular weight is 437 g/mol. The molecule has 2 N–H and O–H groups in total. The number of furan rings is 1. The summed E-state index contributed by atoms with van der Waals surface area (Å²) in [5, 5.41) is 12.9. The maximum atomic E-state index is 13.3. The van der Waals surface area contributed by atoms with E-state index in [4.69, 9.17) is 13.9 Å². The smallest absolute Gasteiger partial charge is 0.340 e. The molecule has 1 amide bonds. The van der Waals surface area contributed by atoms with E-state index >= 15 is 0 Å². The zero-order valence-electron chi connectivity index (χ0n) is 17.4. The second-order valence-corrected chi connectivity index (χ2v) is 7.54. The Kier molecular flexibility index (Phi) is 5.52. The van der Waals surface area contributed by atoms with Gasteiger partial charge in [-0.3, -0.25) is 4.79 Å². The Morgan fingerprint density at radius 1 is 1.12 bits per heavy atom. The van der Waals surface area contributed by atoms with Gasteiger partial charge in [0.2, 0.25) is 5.91 Å². The maximum absolute atomic E-state index is 13.3. The van der Waals surface area contributed by atoms with Crippen LogP contribution in [-0.4, -0.2) is 23.0 Å². The van der Waals surface area contributed by atoms with Gasteiger partial charge in [0, 0.05) is 22.4 Å². The lowest BCUT2D eigenvalue weighted by Crippen LogP contribution is -2.41. The highest BCUT2D eigenvalue weighted by Crippen LogP contribution is 2.34. The number of nitrogens with one attached hydrogen (secondary N) is 1. The van der Waals surface area contributed by atoms with Gasteiger partial charge in [0.1, 0.15) is 23.0 Å². The Hall–Kier alpha value is -3.94. The van der Waals surface area contributed by atoms with Crippen molar-refractivity contribution in [1.29, 1.82) is 0 Å². The van der Waals surface area contributed by atoms with Crippen LogP contribution in [0.3, 0.4) is 0 Å². The third-order valence-corrected chi connectivity index (χ3v) is 5.52. The first-order chi connectivity index (χ1) is 15.3. The number of hydrogen-bond acceptors (Lipinski definition) is 5. The Bertz CT molecular complexity index is 1400. The van der Waals surface area contributed by atoms with Crippen molar-refractivity contribution in [2.24, 2.45) is 0 Å². The van der Waals surface area contributed by atoms with Crippen molar-refractivity contribution in [3.8, 4) is 11.1 Å². The Balaban J connectivity index is 1.77. The van der Waals surface area contributed by atoms with Crippen molar-refractivity contribution in [1.82, 2.24) is 5.32 Å². The number of carboxylic acids is 1. The number of aliphatic carboxylic acids is 1. The number of aryl methyl sites for hydroxylation is 1. The molecule has 0 fully saturated rings. The number of rotatable bonds is 6. The highest BCUT2D eigenvalue weighted by Gasteiger charge is 2.21. The first-order valence-electron chi connectivity index (χ1n) is 10.0. The van der Waals surface area contributed by atoms with Crippen LogP contribution in [0.15, 0.2) is 56.3 Å². The maximum Gasteiger partial charge on any atom is 0.340 e. The number of hydrogen-bond donors (Lipinski definition) is 2. The highest BCUT2D eigenvalue weighted by atomic mass is 19.1. The molecule has 2 aromatic heterocycles. The molecule has 4 aromatic rings. The van der Waals surface area contributed by atoms with Gasteiger partial charge in [0.25, 0.3) is 0 Å². The van der Waals surface area contributed by atoms with Crippen LogP contribution in [0.4, 0.5) is 4.39 Å². The summed E-state index contributed by atoms with van der Waals surface area (Å²) in [5.74, 6) is -2.06. The Labute approximate surface area is 181 Å². The molecule has 0 spiro atoms. The minimum atomic E-state index is -1.14. The van der Waals surface area contributed by atoms with E-state index in [1.165, 1.54) is 12.1 Å². The van der Waals surface area contributed by atoms with Crippen LogP contribution in [0.25, 0.3) is 33.1 Å². The predicted octanol–water partition coefficient (Wildman–Crippen LogP) is 4.18. The summed E-state index contributed by atoms with van der Waals surface area (Å²) in [5.41, 5.74) is 2.36. The molecule has 0 radical (unpaired) electrons. The number of carbonyl (C=O) groups excluding carboxylic acids is 1. The lowest BCUT2D eigenvalue weighted by atomic mass is 9.99. The molecule has 7 nitrogen and oxygen atoms in total. The van der Waals surface area contributed by atoms with Crippen LogP contribution in [0.2, 0.25) is 0 Å². The molecule has 0 aliphatic heterocycles. The molecule has 0 saturated carbocycles. The van der Waals surface area contributed by atoms with Gasteiger partial charge >= 0.3 is 11.6 Å². The molecule has 0 aliphatic rings. The number of carboxylic acid groups (broad SMARTS) is 1. The van der Waals surface area contributed by atoms with Gasteiger partial charge in [-0.1, -0.05) is 19.1 Å². The lowest BCUT2D eigenvalue weighted by Gasteiger charge is -2.13. The van der Waals surface area contributed by atoms with Gasteiger partial charge in [0.15, 0.2) is 0 Å². The molecule has 2 heterocycles. The monoisotopic (exact) mass is 437 g/mol. The summed E-state index contributed by atoms with van der Waals surface area (Å²) in [7, 11) is 0. The average Bonchev–Trinajstić information content (AvgIpc) is 3.17. The molecule has 0 saturated heterocycles. The summed E-state index contributed by atoms with van der Waals surface area (Å²) in [6, 6.07) is 8.38. The second kappa shape index (κ2) is 8.30. The fourth-order valence-corrected chi connectivity index (χ4v) is 3.71. The largest absolute Gasteiger partial charge is 0.480 e. The Morgan fingerprint density at radius 2 is 1.84 bits per heavy atom. The normalized spacial score (nSPS) is 12.2. The van der Waals surface area contributed by atoms with E-state index in [0.717, 1.165) is 16.5 Å². The molecule has 8 heteroatoms. The first kappa shape index (κ1) is 21.3. The molecule has 2 aromatic carbocycles. The van der Waals surface area contributed by atoms with Crippen molar-refractivity contribution in [2.45, 2.75) is 32.7 Å². The van der Waals surface area contributed by atoms with E-state index in [1.807, 2.05) is 0 Å². The highest BCUT2D eigenvalue weighted by molar-refractivity contribution is 6.02. The zero-order valence-corrected chi connectivity index (χ0v) is 17.4. The Morgan fingerprint density at radius 3 is 2.50 bits per heavy atom. The van der Waals surface area contributed by atoms with Crippen molar-refractivity contribution in [3.05, 3.63) is 70.0 Å². The molecular weight excluding hydrogens is 417 g/mol. The summed E-state index contributed by atoms with van der Waals surface area (Å²) in [4.78, 5) is 36.1. The van der Waals surface area contributed by atoms with E-state index < -0.39 is 23.5 Å². The van der Waals surface area contributed by atoms with E-state index in [-0.39, 0.29) is 24.2 Å². The summed E-state index contributed by atoms with van der Waals surface area (Å²) >= 11 is 0. The fourth-order valence-electron chi connectivity index (χ4n) is 3.71. The van der Waals surface area contributed by atoms with Crippen LogP contribution >= 0.6 is 0 Å². The van der Waals surface area contributed by atoms with Gasteiger partial charge in [-0.2, -0.15) is 0 Å². The van der Waals surface area contributed by atoms with Gasteiger partial charge in [0.05, 0.1) is 18.2 Å². The molecule has 0 bridgehead atoms. The summed E-state index contributed by atoms with van der Waals surface area (Å²) in [6.07, 6.45) is 1.47. The SMILES string of the molecule is CCC(NC(=O)Cc1c(C)c2cc3c(-c4ccc(F)cc4)coc3cc2oc1=O)C(=O)O. The van der Waals surface area contributed by atoms with Crippen LogP contribution < -0.4 is 10.9 Å². The van der Waals surface area contributed by atoms with Gasteiger partial charge < -0.3 is 19.3 Å². The number of halogens is 1. The molecule has 0 aliphatic carbocycles. The van der Waals surface area contributed by atoms with Gasteiger partial charge in [-0.05, 0) is 42.7 Å². The minimum absolute atomic E-state index is 0.154. The minimum Gasteiger partial charge on any atom is -0.480 e. The van der Waals surface area contributed by atoms with Crippen molar-refractivity contribution >= 4 is 33.8 Å². The van der Waals surface area contributed by atoms with Gasteiger partial charge in [-0.15, -0.1) is 0 Å². The molecule has 1 unspecified atom stereocenters. The van der Waals surface area contributed by atoms with E-state index in [1.54, 1.807) is 44.4 Å². The fraction of sp³-hybridized carbons (Fsp3) is 0.208. The van der Waals surface area contributed by atoms with Crippen LogP contribution in [0.5, 0.6) is 0 Å². The van der Waals surface area contributed by atoms with E-state index in [0.29, 0.717) is 22.1 Å². The first-order valence-corrected chi connectivity index (χ1v) is 10.0. The molecule has 164 valence electrons. The molecule has 1 atom stereocenters. The van der Waals surface area contributed by atoms with E-state index in [2.05, 4.69) is 5.32 Å². The predicted molar refractivity (Wildman–Crippen MR) is 116 cm³/mol. The number of fused-ring (bicyclic) bond motifs is 2. The lowest BCUT2D eigenvalue weighted by molar-refractivity contribution is -0.141. The number of carbonyl (C=O) groups is 2. The van der Waals surface area contributed by atoms with E-state index in [9.17, 15) is 18.8 Å². The number of amides is 1. The number of benzene rings is 2. The zero-order chi connectivity index (χ0) is 23.0. The quantitative estimate of drug-likeness (QED) is 0.438. The van der Waals surface area contributed by atoms with Crippen LogP contribution in [0.1, 0.15) is 24.5 Å². The van der Waals surface area contributed by atoms with Crippen molar-refractivity contribution in [3.63, 3.8) is 0 Å². The standard InChI is InChI=1S/C24H20FNO6/c1-3-19(23(28)29)26-22(27)9-16-12(2)15-8-17-18(13-4-6-14(25)7-5-13)11-31-20(17)10-21(15)32-24(16)30/h4-8,10-11,19H,3,9H2,1-2H3,(H,26,27)(H,28,29). The molecule has 4 rings (SSSR count). The summed E-state index contributed by atoms with van der Waals surface area (Å²) in [6.45, 7) is 3.35.